The average Bonchev–Trinajstić information content (AvgIpc) is 2.54. The van der Waals surface area contributed by atoms with Crippen molar-refractivity contribution in [2.45, 2.75) is 39.5 Å². The Labute approximate surface area is 137 Å². The molecule has 1 aromatic rings. The standard InChI is InChI=1S/C18H24O5/c1-4-23-18(21)16(13(2)19)8-6-5-7-14-9-11-15(12-10-14)17(20)22-3/h9-12,16H,4-8H2,1-3H3. The molecule has 5 nitrogen and oxygen atoms in total. The van der Waals surface area contributed by atoms with Crippen LogP contribution in [0.25, 0.3) is 0 Å². The summed E-state index contributed by atoms with van der Waals surface area (Å²) < 4.78 is 9.57. The number of ether oxygens (including phenoxy) is 2. The molecule has 0 aromatic heterocycles. The van der Waals surface area contributed by atoms with Gasteiger partial charge in [-0.15, -0.1) is 0 Å². The Kier molecular flexibility index (Phi) is 8.02. The van der Waals surface area contributed by atoms with E-state index in [9.17, 15) is 14.4 Å². The molecule has 23 heavy (non-hydrogen) atoms. The summed E-state index contributed by atoms with van der Waals surface area (Å²) >= 11 is 0. The van der Waals surface area contributed by atoms with Gasteiger partial charge in [0.25, 0.3) is 0 Å². The molecule has 1 aromatic carbocycles. The molecule has 0 bridgehead atoms. The topological polar surface area (TPSA) is 69.7 Å². The van der Waals surface area contributed by atoms with E-state index in [1.54, 1.807) is 19.1 Å². The van der Waals surface area contributed by atoms with Crippen LogP contribution in [0.3, 0.4) is 0 Å². The van der Waals surface area contributed by atoms with Crippen LogP contribution in [-0.4, -0.2) is 31.4 Å². The molecule has 0 amide bonds. The molecular weight excluding hydrogens is 296 g/mol. The van der Waals surface area contributed by atoms with Gasteiger partial charge >= 0.3 is 11.9 Å². The van der Waals surface area contributed by atoms with Crippen molar-refractivity contribution in [2.24, 2.45) is 5.92 Å². The fourth-order valence-electron chi connectivity index (χ4n) is 2.33. The first-order chi connectivity index (χ1) is 11.0. The molecule has 0 spiro atoms. The lowest BCUT2D eigenvalue weighted by Gasteiger charge is -2.12. The lowest BCUT2D eigenvalue weighted by molar-refractivity contribution is -0.151. The number of hydrogen-bond acceptors (Lipinski definition) is 5. The molecule has 0 aliphatic rings. The monoisotopic (exact) mass is 320 g/mol. The zero-order valence-corrected chi connectivity index (χ0v) is 14.0. The minimum absolute atomic E-state index is 0.147. The first kappa shape index (κ1) is 18.9. The summed E-state index contributed by atoms with van der Waals surface area (Å²) in [6.07, 6.45) is 2.96. The van der Waals surface area contributed by atoms with Crippen molar-refractivity contribution >= 4 is 17.7 Å². The number of unbranched alkanes of at least 4 members (excludes halogenated alkanes) is 1. The normalized spacial score (nSPS) is 11.6. The smallest absolute Gasteiger partial charge is 0.337 e. The Morgan fingerprint density at radius 3 is 2.26 bits per heavy atom. The number of Topliss-reactive ketones (excluding diaryl/α,β-unsaturated/α-hetero) is 1. The van der Waals surface area contributed by atoms with E-state index in [0.717, 1.165) is 24.8 Å². The molecule has 1 unspecified atom stereocenters. The van der Waals surface area contributed by atoms with Crippen molar-refractivity contribution in [1.29, 1.82) is 0 Å². The summed E-state index contributed by atoms with van der Waals surface area (Å²) in [7, 11) is 1.35. The summed E-state index contributed by atoms with van der Waals surface area (Å²) in [6.45, 7) is 3.44. The van der Waals surface area contributed by atoms with Crippen LogP contribution in [-0.2, 0) is 25.5 Å². The first-order valence-electron chi connectivity index (χ1n) is 7.84. The molecule has 0 fully saturated rings. The number of carbonyl (C=O) groups is 3. The van der Waals surface area contributed by atoms with E-state index in [1.807, 2.05) is 12.1 Å². The third-order valence-electron chi connectivity index (χ3n) is 3.65. The molecule has 0 heterocycles. The molecular formula is C18H24O5. The summed E-state index contributed by atoms with van der Waals surface area (Å²) in [4.78, 5) is 34.5. The highest BCUT2D eigenvalue weighted by Gasteiger charge is 2.23. The third kappa shape index (κ3) is 6.22. The summed E-state index contributed by atoms with van der Waals surface area (Å²) in [6, 6.07) is 7.25. The van der Waals surface area contributed by atoms with Crippen molar-refractivity contribution in [3.05, 3.63) is 35.4 Å². The maximum absolute atomic E-state index is 11.7. The Morgan fingerprint density at radius 2 is 1.74 bits per heavy atom. The number of methoxy groups -OCH3 is 1. The van der Waals surface area contributed by atoms with E-state index in [2.05, 4.69) is 4.74 Å². The van der Waals surface area contributed by atoms with Gasteiger partial charge in [0, 0.05) is 0 Å². The zero-order valence-electron chi connectivity index (χ0n) is 14.0. The quantitative estimate of drug-likeness (QED) is 0.397. The molecule has 0 saturated heterocycles. The Bertz CT molecular complexity index is 533. The maximum Gasteiger partial charge on any atom is 0.337 e. The van der Waals surface area contributed by atoms with Crippen LogP contribution in [0.1, 0.15) is 49.0 Å². The van der Waals surface area contributed by atoms with Gasteiger partial charge in [-0.05, 0) is 50.8 Å². The molecule has 0 aliphatic heterocycles. The number of carbonyl (C=O) groups excluding carboxylic acids is 3. The Balaban J connectivity index is 2.42. The van der Waals surface area contributed by atoms with Gasteiger partial charge in [0.2, 0.25) is 0 Å². The molecule has 126 valence electrons. The van der Waals surface area contributed by atoms with Crippen LogP contribution >= 0.6 is 0 Å². The van der Waals surface area contributed by atoms with E-state index < -0.39 is 11.9 Å². The summed E-state index contributed by atoms with van der Waals surface area (Å²) in [5.74, 6) is -1.58. The fourth-order valence-corrected chi connectivity index (χ4v) is 2.33. The van der Waals surface area contributed by atoms with Crippen molar-refractivity contribution < 1.29 is 23.9 Å². The van der Waals surface area contributed by atoms with Crippen molar-refractivity contribution in [1.82, 2.24) is 0 Å². The largest absolute Gasteiger partial charge is 0.465 e. The molecule has 0 radical (unpaired) electrons. The molecule has 0 saturated carbocycles. The number of rotatable bonds is 9. The average molecular weight is 320 g/mol. The van der Waals surface area contributed by atoms with Gasteiger partial charge in [0.1, 0.15) is 11.7 Å². The summed E-state index contributed by atoms with van der Waals surface area (Å²) in [5, 5.41) is 0. The Hall–Kier alpha value is -2.17. The van der Waals surface area contributed by atoms with E-state index in [-0.39, 0.29) is 18.4 Å². The van der Waals surface area contributed by atoms with Gasteiger partial charge in [0.15, 0.2) is 0 Å². The number of benzene rings is 1. The Morgan fingerprint density at radius 1 is 1.09 bits per heavy atom. The van der Waals surface area contributed by atoms with E-state index in [4.69, 9.17) is 4.74 Å². The van der Waals surface area contributed by atoms with Gasteiger partial charge in [-0.2, -0.15) is 0 Å². The second-order valence-corrected chi connectivity index (χ2v) is 5.35. The van der Waals surface area contributed by atoms with Crippen molar-refractivity contribution in [3.8, 4) is 0 Å². The molecule has 0 N–H and O–H groups in total. The van der Waals surface area contributed by atoms with Crippen LogP contribution in [0.15, 0.2) is 24.3 Å². The van der Waals surface area contributed by atoms with Gasteiger partial charge in [-0.3, -0.25) is 9.59 Å². The van der Waals surface area contributed by atoms with Gasteiger partial charge in [-0.1, -0.05) is 18.6 Å². The minimum Gasteiger partial charge on any atom is -0.465 e. The highest BCUT2D eigenvalue weighted by atomic mass is 16.5. The van der Waals surface area contributed by atoms with Crippen LogP contribution in [0.2, 0.25) is 0 Å². The summed E-state index contributed by atoms with van der Waals surface area (Å²) in [5.41, 5.74) is 1.63. The minimum atomic E-state index is -0.656. The second kappa shape index (κ2) is 9.77. The van der Waals surface area contributed by atoms with Crippen LogP contribution < -0.4 is 0 Å². The maximum atomic E-state index is 11.7. The fraction of sp³-hybridized carbons (Fsp3) is 0.500. The lowest BCUT2D eigenvalue weighted by Crippen LogP contribution is -2.24. The molecule has 1 rings (SSSR count). The molecule has 0 aliphatic carbocycles. The van der Waals surface area contributed by atoms with Crippen molar-refractivity contribution in [3.63, 3.8) is 0 Å². The van der Waals surface area contributed by atoms with E-state index >= 15 is 0 Å². The number of ketones is 1. The van der Waals surface area contributed by atoms with Crippen LogP contribution in [0.4, 0.5) is 0 Å². The first-order valence-corrected chi connectivity index (χ1v) is 7.84. The molecule has 1 atom stereocenters. The molecule has 5 heteroatoms. The highest BCUT2D eigenvalue weighted by molar-refractivity contribution is 5.97. The third-order valence-corrected chi connectivity index (χ3v) is 3.65. The second-order valence-electron chi connectivity index (χ2n) is 5.35. The lowest BCUT2D eigenvalue weighted by atomic mass is 9.96. The van der Waals surface area contributed by atoms with Crippen molar-refractivity contribution in [2.75, 3.05) is 13.7 Å². The van der Waals surface area contributed by atoms with Gasteiger partial charge in [0.05, 0.1) is 19.3 Å². The highest BCUT2D eigenvalue weighted by Crippen LogP contribution is 2.15. The van der Waals surface area contributed by atoms with Crippen LogP contribution in [0, 0.1) is 5.92 Å². The van der Waals surface area contributed by atoms with Gasteiger partial charge < -0.3 is 9.47 Å². The predicted molar refractivity (Wildman–Crippen MR) is 86.1 cm³/mol. The number of aryl methyl sites for hydroxylation is 1. The number of hydrogen-bond donors (Lipinski definition) is 0. The SMILES string of the molecule is CCOC(=O)C(CCCCc1ccc(C(=O)OC)cc1)C(C)=O. The van der Waals surface area contributed by atoms with Crippen LogP contribution in [0.5, 0.6) is 0 Å². The van der Waals surface area contributed by atoms with Gasteiger partial charge in [-0.25, -0.2) is 4.79 Å². The zero-order chi connectivity index (χ0) is 17.2. The number of esters is 2. The van der Waals surface area contributed by atoms with E-state index in [0.29, 0.717) is 12.0 Å². The predicted octanol–water partition coefficient (Wildman–Crippen LogP) is 2.95. The van der Waals surface area contributed by atoms with E-state index in [1.165, 1.54) is 14.0 Å².